The van der Waals surface area contributed by atoms with Gasteiger partial charge in [0.05, 0.1) is 22.8 Å². The first-order valence-corrected chi connectivity index (χ1v) is 14.3. The van der Waals surface area contributed by atoms with Crippen molar-refractivity contribution in [3.8, 4) is 22.7 Å². The van der Waals surface area contributed by atoms with E-state index in [1.165, 1.54) is 0 Å². The lowest BCUT2D eigenvalue weighted by atomic mass is 10.0. The fourth-order valence-corrected chi connectivity index (χ4v) is 5.03. The highest BCUT2D eigenvalue weighted by Gasteiger charge is 2.24. The zero-order valence-corrected chi connectivity index (χ0v) is 25.7. The summed E-state index contributed by atoms with van der Waals surface area (Å²) in [4.78, 5) is 12.6. The second-order valence-electron chi connectivity index (χ2n) is 9.98. The molecule has 0 atom stereocenters. The Balaban J connectivity index is 1.42. The smallest absolute Gasteiger partial charge is 0.224 e. The standard InChI is InChI=1S/C30H29Cl4N5O2/c1-18-27(29(35)37-15-14-36-26(40)17-30(2,3)41-23-11-8-21(32)9-12-23)38-39(25-13-10-22(33)16-24(25)34)28(18)19-4-6-20(31)7-5-19/h4-13,16H,14-15,17H2,1-3H3,(H2,35,37)(H,36,40). The number of hydrogen-bond donors (Lipinski definition) is 3. The Bertz CT molecular complexity index is 1550. The predicted molar refractivity (Wildman–Crippen MR) is 167 cm³/mol. The summed E-state index contributed by atoms with van der Waals surface area (Å²) in [6, 6.07) is 19.5. The van der Waals surface area contributed by atoms with E-state index >= 15 is 0 Å². The number of rotatable bonds is 10. The third kappa shape index (κ3) is 7.95. The average Bonchev–Trinajstić information content (AvgIpc) is 3.24. The molecule has 0 aliphatic heterocycles. The van der Waals surface area contributed by atoms with E-state index in [1.54, 1.807) is 59.3 Å². The Hall–Kier alpha value is -3.23. The fourth-order valence-electron chi connectivity index (χ4n) is 4.29. The van der Waals surface area contributed by atoms with Gasteiger partial charge in [-0.1, -0.05) is 58.5 Å². The molecule has 7 nitrogen and oxygen atoms in total. The van der Waals surface area contributed by atoms with E-state index in [-0.39, 0.29) is 18.2 Å². The number of ether oxygens (including phenoxy) is 1. The van der Waals surface area contributed by atoms with E-state index in [0.717, 1.165) is 16.8 Å². The molecule has 0 saturated carbocycles. The molecule has 41 heavy (non-hydrogen) atoms. The molecule has 1 aromatic heterocycles. The molecule has 0 aliphatic carbocycles. The highest BCUT2D eigenvalue weighted by molar-refractivity contribution is 6.35. The number of amidine groups is 1. The molecule has 3 N–H and O–H groups in total. The van der Waals surface area contributed by atoms with E-state index in [0.29, 0.717) is 50.3 Å². The second kappa shape index (κ2) is 13.2. The lowest BCUT2D eigenvalue weighted by Gasteiger charge is -2.26. The summed E-state index contributed by atoms with van der Waals surface area (Å²) in [6.45, 7) is 6.23. The Morgan fingerprint density at radius 2 is 1.49 bits per heavy atom. The van der Waals surface area contributed by atoms with Crippen molar-refractivity contribution in [3.63, 3.8) is 0 Å². The number of halogens is 4. The molecular formula is C30H29Cl4N5O2. The van der Waals surface area contributed by atoms with Gasteiger partial charge in [0.1, 0.15) is 22.9 Å². The van der Waals surface area contributed by atoms with Crippen LogP contribution in [0.15, 0.2) is 66.7 Å². The van der Waals surface area contributed by atoms with Crippen LogP contribution >= 0.6 is 46.4 Å². The summed E-state index contributed by atoms with van der Waals surface area (Å²) in [7, 11) is 0. The molecule has 4 rings (SSSR count). The van der Waals surface area contributed by atoms with Gasteiger partial charge in [0.2, 0.25) is 5.91 Å². The third-order valence-electron chi connectivity index (χ3n) is 6.16. The van der Waals surface area contributed by atoms with Crippen LogP contribution in [0.5, 0.6) is 5.75 Å². The van der Waals surface area contributed by atoms with Crippen molar-refractivity contribution < 1.29 is 9.53 Å². The lowest BCUT2D eigenvalue weighted by molar-refractivity contribution is -0.124. The summed E-state index contributed by atoms with van der Waals surface area (Å²) in [6.07, 6.45) is 0.156. The van der Waals surface area contributed by atoms with Crippen LogP contribution in [0.3, 0.4) is 0 Å². The predicted octanol–water partition coefficient (Wildman–Crippen LogP) is 7.74. The molecule has 11 heteroatoms. The van der Waals surface area contributed by atoms with Crippen LogP contribution in [-0.4, -0.2) is 40.2 Å². The number of nitrogens with zero attached hydrogens (tertiary/aromatic N) is 2. The first kappa shape index (κ1) is 30.7. The molecule has 1 heterocycles. The van der Waals surface area contributed by atoms with Crippen LogP contribution < -0.4 is 15.4 Å². The number of carbonyl (C=O) groups is 1. The number of hydrogen-bond acceptors (Lipinski definition) is 4. The van der Waals surface area contributed by atoms with Crippen LogP contribution in [0.25, 0.3) is 16.9 Å². The minimum absolute atomic E-state index is 0.113. The third-order valence-corrected chi connectivity index (χ3v) is 7.20. The van der Waals surface area contributed by atoms with Gasteiger partial charge in [0, 0.05) is 39.3 Å². The first-order valence-electron chi connectivity index (χ1n) is 12.8. The van der Waals surface area contributed by atoms with Gasteiger partial charge in [-0.2, -0.15) is 5.10 Å². The average molecular weight is 633 g/mol. The zero-order valence-electron chi connectivity index (χ0n) is 22.7. The maximum absolute atomic E-state index is 12.6. The van der Waals surface area contributed by atoms with E-state index in [2.05, 4.69) is 10.6 Å². The second-order valence-corrected chi connectivity index (χ2v) is 11.7. The van der Waals surface area contributed by atoms with Gasteiger partial charge in [0.15, 0.2) is 0 Å². The van der Waals surface area contributed by atoms with Crippen LogP contribution in [0, 0.1) is 12.3 Å². The van der Waals surface area contributed by atoms with Crippen LogP contribution in [0.2, 0.25) is 20.1 Å². The summed E-state index contributed by atoms with van der Waals surface area (Å²) in [5, 5.41) is 21.5. The fraction of sp³-hybridized carbons (Fsp3) is 0.233. The summed E-state index contributed by atoms with van der Waals surface area (Å²) in [5.41, 5.74) is 2.76. The maximum atomic E-state index is 12.6. The van der Waals surface area contributed by atoms with Gasteiger partial charge in [0.25, 0.3) is 0 Å². The minimum Gasteiger partial charge on any atom is -0.487 e. The molecule has 0 spiro atoms. The van der Waals surface area contributed by atoms with Crippen molar-refractivity contribution in [2.45, 2.75) is 32.8 Å². The highest BCUT2D eigenvalue weighted by atomic mass is 35.5. The Morgan fingerprint density at radius 3 is 2.12 bits per heavy atom. The summed E-state index contributed by atoms with van der Waals surface area (Å²) >= 11 is 24.7. The van der Waals surface area contributed by atoms with E-state index in [4.69, 9.17) is 61.6 Å². The molecule has 0 aliphatic rings. The van der Waals surface area contributed by atoms with Crippen molar-refractivity contribution in [1.82, 2.24) is 20.4 Å². The molecule has 0 fully saturated rings. The van der Waals surface area contributed by atoms with Crippen molar-refractivity contribution in [2.75, 3.05) is 13.1 Å². The Morgan fingerprint density at radius 1 is 0.902 bits per heavy atom. The van der Waals surface area contributed by atoms with Gasteiger partial charge < -0.3 is 15.4 Å². The topological polar surface area (TPSA) is 92.0 Å². The molecule has 214 valence electrons. The first-order chi connectivity index (χ1) is 19.4. The van der Waals surface area contributed by atoms with E-state index in [1.807, 2.05) is 32.9 Å². The number of amides is 1. The SMILES string of the molecule is Cc1c(C(=N)NCCNC(=O)CC(C)(C)Oc2ccc(Cl)cc2)nn(-c2ccc(Cl)cc2Cl)c1-c1ccc(Cl)cc1. The van der Waals surface area contributed by atoms with Crippen molar-refractivity contribution in [3.05, 3.63) is 98.1 Å². The maximum Gasteiger partial charge on any atom is 0.224 e. The van der Waals surface area contributed by atoms with Crippen molar-refractivity contribution in [1.29, 1.82) is 5.41 Å². The summed E-state index contributed by atoms with van der Waals surface area (Å²) in [5.74, 6) is 0.581. The van der Waals surface area contributed by atoms with Gasteiger partial charge >= 0.3 is 0 Å². The largest absolute Gasteiger partial charge is 0.487 e. The molecule has 0 unspecified atom stereocenters. The molecule has 0 bridgehead atoms. The van der Waals surface area contributed by atoms with E-state index in [9.17, 15) is 4.79 Å². The number of carbonyl (C=O) groups excluding carboxylic acids is 1. The van der Waals surface area contributed by atoms with Gasteiger partial charge in [-0.3, -0.25) is 10.2 Å². The number of nitrogens with one attached hydrogen (secondary N) is 3. The van der Waals surface area contributed by atoms with Crippen molar-refractivity contribution in [2.24, 2.45) is 0 Å². The molecule has 0 radical (unpaired) electrons. The Kier molecular flexibility index (Phi) is 9.87. The molecular weight excluding hydrogens is 604 g/mol. The number of aromatic nitrogens is 2. The zero-order chi connectivity index (χ0) is 29.7. The van der Waals surface area contributed by atoms with Crippen LogP contribution in [-0.2, 0) is 4.79 Å². The number of benzene rings is 3. The Labute approximate surface area is 259 Å². The van der Waals surface area contributed by atoms with Gasteiger partial charge in [-0.25, -0.2) is 4.68 Å². The van der Waals surface area contributed by atoms with Crippen molar-refractivity contribution >= 4 is 58.1 Å². The summed E-state index contributed by atoms with van der Waals surface area (Å²) < 4.78 is 7.65. The van der Waals surface area contributed by atoms with E-state index < -0.39 is 5.60 Å². The highest BCUT2D eigenvalue weighted by Crippen LogP contribution is 2.33. The normalized spacial score (nSPS) is 11.3. The quantitative estimate of drug-likeness (QED) is 0.0947. The van der Waals surface area contributed by atoms with Crippen LogP contribution in [0.1, 0.15) is 31.5 Å². The van der Waals surface area contributed by atoms with Gasteiger partial charge in [-0.05, 0) is 75.4 Å². The monoisotopic (exact) mass is 631 g/mol. The van der Waals surface area contributed by atoms with Crippen LogP contribution in [0.4, 0.5) is 0 Å². The lowest BCUT2D eigenvalue weighted by Crippen LogP contribution is -2.40. The molecule has 1 amide bonds. The minimum atomic E-state index is -0.719. The molecule has 3 aromatic carbocycles. The molecule has 0 saturated heterocycles. The molecule has 4 aromatic rings. The van der Waals surface area contributed by atoms with Gasteiger partial charge in [-0.15, -0.1) is 0 Å².